The first kappa shape index (κ1) is 15.3. The van der Waals surface area contributed by atoms with E-state index in [4.69, 9.17) is 9.51 Å². The number of hydrogen-bond donors (Lipinski definition) is 1. The van der Waals surface area contributed by atoms with Gasteiger partial charge in [-0.2, -0.15) is 16.7 Å². The van der Waals surface area contributed by atoms with Crippen molar-refractivity contribution in [2.24, 2.45) is 0 Å². The fourth-order valence-corrected chi connectivity index (χ4v) is 4.63. The zero-order valence-electron chi connectivity index (χ0n) is 13.0. The molecule has 1 N–H and O–H groups in total. The van der Waals surface area contributed by atoms with Gasteiger partial charge >= 0.3 is 0 Å². The van der Waals surface area contributed by atoms with Crippen molar-refractivity contribution in [2.45, 2.75) is 50.6 Å². The monoisotopic (exact) mass is 310 g/mol. The van der Waals surface area contributed by atoms with E-state index in [0.29, 0.717) is 18.0 Å². The van der Waals surface area contributed by atoms with E-state index < -0.39 is 0 Å². The average molecular weight is 310 g/mol. The Hall–Kier alpha value is -0.590. The number of likely N-dealkylation sites (N-methyl/N-ethyl adjacent to an activating group) is 1. The van der Waals surface area contributed by atoms with E-state index in [-0.39, 0.29) is 0 Å². The van der Waals surface area contributed by atoms with Crippen LogP contribution in [0.25, 0.3) is 0 Å². The maximum Gasteiger partial charge on any atom is 0.231 e. The van der Waals surface area contributed by atoms with Crippen LogP contribution in [0.5, 0.6) is 0 Å². The van der Waals surface area contributed by atoms with Gasteiger partial charge in [0.1, 0.15) is 0 Å². The Labute approximate surface area is 131 Å². The van der Waals surface area contributed by atoms with E-state index in [1.807, 2.05) is 11.8 Å². The second-order valence-electron chi connectivity index (χ2n) is 6.12. The van der Waals surface area contributed by atoms with E-state index in [0.717, 1.165) is 37.0 Å². The molecular weight excluding hydrogens is 284 g/mol. The third-order valence-electron chi connectivity index (χ3n) is 4.70. The molecule has 0 bridgehead atoms. The molecule has 2 heterocycles. The van der Waals surface area contributed by atoms with Crippen molar-refractivity contribution in [3.8, 4) is 0 Å². The van der Waals surface area contributed by atoms with Crippen LogP contribution >= 0.6 is 11.8 Å². The molecular formula is C15H26N4OS. The Morgan fingerprint density at radius 1 is 1.38 bits per heavy atom. The van der Waals surface area contributed by atoms with Crippen molar-refractivity contribution in [1.82, 2.24) is 20.4 Å². The van der Waals surface area contributed by atoms with Crippen LogP contribution in [0.1, 0.15) is 56.3 Å². The number of rotatable bonds is 4. The predicted molar refractivity (Wildman–Crippen MR) is 85.7 cm³/mol. The van der Waals surface area contributed by atoms with E-state index >= 15 is 0 Å². The van der Waals surface area contributed by atoms with Crippen molar-refractivity contribution >= 4 is 11.8 Å². The van der Waals surface area contributed by atoms with Crippen molar-refractivity contribution < 1.29 is 4.52 Å². The van der Waals surface area contributed by atoms with E-state index in [1.165, 1.54) is 25.0 Å². The Balaban J connectivity index is 1.73. The zero-order valence-corrected chi connectivity index (χ0v) is 13.9. The Bertz CT molecular complexity index is 451. The van der Waals surface area contributed by atoms with E-state index in [1.54, 1.807) is 0 Å². The van der Waals surface area contributed by atoms with Gasteiger partial charge in [-0.3, -0.25) is 4.90 Å². The third-order valence-corrected chi connectivity index (χ3v) is 5.72. The number of nitrogens with one attached hydrogen (secondary N) is 1. The Kier molecular flexibility index (Phi) is 5.19. The van der Waals surface area contributed by atoms with Crippen LogP contribution in [0.3, 0.4) is 0 Å². The quantitative estimate of drug-likeness (QED) is 0.922. The molecule has 0 radical (unpaired) electrons. The number of nitrogens with zero attached hydrogens (tertiary/aromatic N) is 3. The van der Waals surface area contributed by atoms with E-state index in [2.05, 4.69) is 29.3 Å². The lowest BCUT2D eigenvalue weighted by molar-refractivity contribution is 0.249. The lowest BCUT2D eigenvalue weighted by Gasteiger charge is -2.30. The number of aromatic nitrogens is 2. The second-order valence-corrected chi connectivity index (χ2v) is 7.27. The molecule has 0 spiro atoms. The molecule has 118 valence electrons. The van der Waals surface area contributed by atoms with Crippen molar-refractivity contribution in [1.29, 1.82) is 0 Å². The molecule has 1 aliphatic carbocycles. The molecule has 5 nitrogen and oxygen atoms in total. The SMILES string of the molecule is CCNC1CCCCC1c1nc(C2CSCCN2C)no1. The Morgan fingerprint density at radius 2 is 2.24 bits per heavy atom. The first-order chi connectivity index (χ1) is 10.3. The highest BCUT2D eigenvalue weighted by Crippen LogP contribution is 2.34. The summed E-state index contributed by atoms with van der Waals surface area (Å²) in [6.07, 6.45) is 4.95. The summed E-state index contributed by atoms with van der Waals surface area (Å²) in [7, 11) is 2.16. The first-order valence-corrected chi connectivity index (χ1v) is 9.30. The maximum atomic E-state index is 5.65. The summed E-state index contributed by atoms with van der Waals surface area (Å²) >= 11 is 1.98. The fourth-order valence-electron chi connectivity index (χ4n) is 3.42. The third kappa shape index (κ3) is 3.43. The normalized spacial score (nSPS) is 31.4. The minimum atomic E-state index is 0.308. The van der Waals surface area contributed by atoms with Gasteiger partial charge in [0.2, 0.25) is 5.89 Å². The second kappa shape index (κ2) is 7.11. The van der Waals surface area contributed by atoms with Crippen molar-refractivity contribution in [2.75, 3.05) is 31.6 Å². The smallest absolute Gasteiger partial charge is 0.231 e. The summed E-state index contributed by atoms with van der Waals surface area (Å²) in [6, 6.07) is 0.804. The minimum absolute atomic E-state index is 0.308. The minimum Gasteiger partial charge on any atom is -0.339 e. The summed E-state index contributed by atoms with van der Waals surface area (Å²) in [5.74, 6) is 4.38. The van der Waals surface area contributed by atoms with Crippen molar-refractivity contribution in [3.05, 3.63) is 11.7 Å². The zero-order chi connectivity index (χ0) is 14.7. The summed E-state index contributed by atoms with van der Waals surface area (Å²) < 4.78 is 5.65. The molecule has 2 fully saturated rings. The molecule has 1 saturated heterocycles. The maximum absolute atomic E-state index is 5.65. The molecule has 1 aromatic rings. The van der Waals surface area contributed by atoms with Crippen LogP contribution in [-0.2, 0) is 0 Å². The molecule has 1 aromatic heterocycles. The highest BCUT2D eigenvalue weighted by Gasteiger charge is 2.32. The van der Waals surface area contributed by atoms with Crippen LogP contribution < -0.4 is 5.32 Å². The topological polar surface area (TPSA) is 54.2 Å². The first-order valence-electron chi connectivity index (χ1n) is 8.14. The van der Waals surface area contributed by atoms with Gasteiger partial charge in [0.15, 0.2) is 5.82 Å². The molecule has 6 heteroatoms. The van der Waals surface area contributed by atoms with Gasteiger partial charge in [-0.1, -0.05) is 24.9 Å². The van der Waals surface area contributed by atoms with Crippen LogP contribution in [0, 0.1) is 0 Å². The fraction of sp³-hybridized carbons (Fsp3) is 0.867. The van der Waals surface area contributed by atoms with Crippen LogP contribution in [0.4, 0.5) is 0 Å². The number of hydrogen-bond acceptors (Lipinski definition) is 6. The molecule has 3 unspecified atom stereocenters. The van der Waals surface area contributed by atoms with Gasteiger partial charge in [0.05, 0.1) is 12.0 Å². The van der Waals surface area contributed by atoms with Gasteiger partial charge in [-0.05, 0) is 26.4 Å². The lowest BCUT2D eigenvalue weighted by Crippen LogP contribution is -2.37. The van der Waals surface area contributed by atoms with Crippen molar-refractivity contribution in [3.63, 3.8) is 0 Å². The molecule has 0 amide bonds. The van der Waals surface area contributed by atoms with E-state index in [9.17, 15) is 0 Å². The van der Waals surface area contributed by atoms with Gasteiger partial charge < -0.3 is 9.84 Å². The lowest BCUT2D eigenvalue weighted by atomic mass is 9.84. The number of thioether (sulfide) groups is 1. The summed E-state index contributed by atoms with van der Waals surface area (Å²) in [5, 5.41) is 7.88. The van der Waals surface area contributed by atoms with Gasteiger partial charge in [0.25, 0.3) is 0 Å². The highest BCUT2D eigenvalue weighted by molar-refractivity contribution is 7.99. The molecule has 21 heavy (non-hydrogen) atoms. The van der Waals surface area contributed by atoms with Gasteiger partial charge in [0, 0.05) is 24.1 Å². The molecule has 2 aliphatic rings. The molecule has 3 rings (SSSR count). The molecule has 1 aliphatic heterocycles. The van der Waals surface area contributed by atoms with Gasteiger partial charge in [-0.15, -0.1) is 0 Å². The summed E-state index contributed by atoms with van der Waals surface area (Å²) in [6.45, 7) is 4.27. The van der Waals surface area contributed by atoms with Crippen LogP contribution in [0.2, 0.25) is 0 Å². The predicted octanol–water partition coefficient (Wildman–Crippen LogP) is 2.43. The van der Waals surface area contributed by atoms with Crippen LogP contribution in [-0.4, -0.2) is 52.7 Å². The van der Waals surface area contributed by atoms with Crippen LogP contribution in [0.15, 0.2) is 4.52 Å². The van der Waals surface area contributed by atoms with Gasteiger partial charge in [-0.25, -0.2) is 0 Å². The molecule has 3 atom stereocenters. The standard InChI is InChI=1S/C15H26N4OS/c1-3-16-12-7-5-4-6-11(12)15-17-14(18-20-15)13-10-21-9-8-19(13)2/h11-13,16H,3-10H2,1-2H3. The Morgan fingerprint density at radius 3 is 3.05 bits per heavy atom. The largest absolute Gasteiger partial charge is 0.339 e. The molecule has 0 aromatic carbocycles. The summed E-state index contributed by atoms with van der Waals surface area (Å²) in [5.41, 5.74) is 0. The average Bonchev–Trinajstić information content (AvgIpc) is 2.98. The molecule has 1 saturated carbocycles. The highest BCUT2D eigenvalue weighted by atomic mass is 32.2. The summed E-state index contributed by atoms with van der Waals surface area (Å²) in [4.78, 5) is 7.11.